The van der Waals surface area contributed by atoms with E-state index in [1.807, 2.05) is 18.2 Å². The second-order valence-corrected chi connectivity index (χ2v) is 14.9. The van der Waals surface area contributed by atoms with Crippen LogP contribution in [0.15, 0.2) is 47.4 Å². The van der Waals surface area contributed by atoms with Crippen molar-refractivity contribution >= 4 is 33.5 Å². The number of nitrogens with zero attached hydrogens (tertiary/aromatic N) is 4. The van der Waals surface area contributed by atoms with Crippen LogP contribution in [0.1, 0.15) is 50.1 Å². The normalized spacial score (nSPS) is 23.8. The van der Waals surface area contributed by atoms with Gasteiger partial charge in [0, 0.05) is 43.9 Å². The molecule has 0 unspecified atom stereocenters. The van der Waals surface area contributed by atoms with E-state index in [4.69, 9.17) is 4.98 Å². The molecule has 1 aliphatic heterocycles. The second kappa shape index (κ2) is 10.9. The molecule has 3 aromatic rings. The Morgan fingerprint density at radius 3 is 2.54 bits per heavy atom. The zero-order valence-corrected chi connectivity index (χ0v) is 24.7. The summed E-state index contributed by atoms with van der Waals surface area (Å²) in [4.78, 5) is 34.7. The third kappa shape index (κ3) is 5.66. The summed E-state index contributed by atoms with van der Waals surface area (Å²) in [6.07, 6.45) is 6.61. The number of aryl methyl sites for hydroxylation is 1. The van der Waals surface area contributed by atoms with Gasteiger partial charge in [0.15, 0.2) is 0 Å². The number of thiazole rings is 1. The molecular formula is C30H35N5O4S2. The van der Waals surface area contributed by atoms with Crippen LogP contribution in [0.2, 0.25) is 0 Å². The molecule has 3 N–H and O–H groups in total. The number of carbonyl (C=O) groups is 1. The molecule has 0 spiro atoms. The summed E-state index contributed by atoms with van der Waals surface area (Å²) in [7, 11) is -0.745. The van der Waals surface area contributed by atoms with Gasteiger partial charge >= 0.3 is 0 Å². The zero-order chi connectivity index (χ0) is 28.8. The largest absolute Gasteiger partial charge is 0.368 e. The molecule has 2 saturated carbocycles. The van der Waals surface area contributed by atoms with E-state index in [2.05, 4.69) is 28.4 Å². The minimum absolute atomic E-state index is 0.0729. The maximum absolute atomic E-state index is 13.5. The average Bonchev–Trinajstić information content (AvgIpc) is 3.61. The van der Waals surface area contributed by atoms with Crippen LogP contribution in [0.25, 0.3) is 21.0 Å². The lowest BCUT2D eigenvalue weighted by molar-refractivity contribution is -0.127. The van der Waals surface area contributed by atoms with Gasteiger partial charge in [-0.3, -0.25) is 18.7 Å². The number of benzene rings is 1. The van der Waals surface area contributed by atoms with Crippen LogP contribution in [-0.2, 0) is 11.8 Å². The van der Waals surface area contributed by atoms with Crippen molar-refractivity contribution < 1.29 is 13.9 Å². The first kappa shape index (κ1) is 28.0. The van der Waals surface area contributed by atoms with Crippen LogP contribution < -0.4 is 15.8 Å². The Hall–Kier alpha value is -3.17. The van der Waals surface area contributed by atoms with Gasteiger partial charge in [-0.15, -0.1) is 11.3 Å². The predicted molar refractivity (Wildman–Crippen MR) is 163 cm³/mol. The lowest BCUT2D eigenvalue weighted by atomic mass is 9.76. The Balaban J connectivity index is 1.37. The van der Waals surface area contributed by atoms with Crippen molar-refractivity contribution in [2.45, 2.75) is 50.0 Å². The SMILES string of the molecule is Cn1cccc(-c2nc([C@@H]3CCCC[C@H]3C(=O)NC3(C#N)CC3)c(-c3ccc(N4CCS(O)(O)CC4)cc3)s2)c1=O. The topological polar surface area (TPSA) is 131 Å². The highest BCUT2D eigenvalue weighted by atomic mass is 32.3. The Labute approximate surface area is 245 Å². The molecule has 0 bridgehead atoms. The molecule has 1 aromatic carbocycles. The van der Waals surface area contributed by atoms with E-state index in [1.54, 1.807) is 23.9 Å². The van der Waals surface area contributed by atoms with Crippen molar-refractivity contribution in [3.05, 3.63) is 58.6 Å². The fourth-order valence-electron chi connectivity index (χ4n) is 5.96. The lowest BCUT2D eigenvalue weighted by Crippen LogP contribution is -2.42. The van der Waals surface area contributed by atoms with E-state index in [9.17, 15) is 24.0 Å². The summed E-state index contributed by atoms with van der Waals surface area (Å²) in [6.45, 7) is 1.19. The Morgan fingerprint density at radius 1 is 1.15 bits per heavy atom. The standard InChI is InChI=1S/C30H35N5O4S2/c1-34-14-4-7-24(29(34)37)28-32-25(22-5-2-3-6-23(22)27(36)33-30(19-31)12-13-30)26(40-28)20-8-10-21(11-9-20)35-15-17-41(38,39)18-16-35/h4,7-11,14,22-23,38-39H,2-3,5-6,12-13,15-18H2,1H3,(H,33,36)/t22-,23-/m1/s1. The van der Waals surface area contributed by atoms with Gasteiger partial charge in [-0.1, -0.05) is 25.0 Å². The molecule has 3 heterocycles. The minimum Gasteiger partial charge on any atom is -0.368 e. The molecule has 2 aliphatic carbocycles. The maximum Gasteiger partial charge on any atom is 0.260 e. The van der Waals surface area contributed by atoms with Crippen LogP contribution in [0.5, 0.6) is 0 Å². The van der Waals surface area contributed by atoms with Crippen molar-refractivity contribution in [2.75, 3.05) is 29.5 Å². The van der Waals surface area contributed by atoms with Gasteiger partial charge in [0.25, 0.3) is 5.56 Å². The van der Waals surface area contributed by atoms with E-state index < -0.39 is 16.1 Å². The summed E-state index contributed by atoms with van der Waals surface area (Å²) in [6, 6.07) is 14.1. The number of hydrogen-bond acceptors (Lipinski definition) is 8. The molecule has 216 valence electrons. The average molecular weight is 594 g/mol. The van der Waals surface area contributed by atoms with Crippen LogP contribution in [0, 0.1) is 17.2 Å². The summed E-state index contributed by atoms with van der Waals surface area (Å²) in [5.74, 6) is 0.284. The molecule has 1 amide bonds. The number of hydrogen-bond donors (Lipinski definition) is 3. The quantitative estimate of drug-likeness (QED) is 0.358. The summed E-state index contributed by atoms with van der Waals surface area (Å²) in [5.41, 5.74) is 2.54. The van der Waals surface area contributed by atoms with Gasteiger partial charge in [-0.25, -0.2) is 4.98 Å². The van der Waals surface area contributed by atoms with Gasteiger partial charge in [-0.05, 0) is 55.5 Å². The monoisotopic (exact) mass is 593 g/mol. The first-order chi connectivity index (χ1) is 19.7. The Bertz CT molecular complexity index is 1540. The zero-order valence-electron chi connectivity index (χ0n) is 23.1. The molecule has 2 aromatic heterocycles. The van der Waals surface area contributed by atoms with Gasteiger partial charge in [0.05, 0.1) is 33.7 Å². The van der Waals surface area contributed by atoms with Gasteiger partial charge in [0.1, 0.15) is 10.5 Å². The molecule has 41 heavy (non-hydrogen) atoms. The second-order valence-electron chi connectivity index (χ2n) is 11.5. The fourth-order valence-corrected chi connectivity index (χ4v) is 8.35. The highest BCUT2D eigenvalue weighted by Crippen LogP contribution is 2.47. The maximum atomic E-state index is 13.5. The number of amides is 1. The first-order valence-electron chi connectivity index (χ1n) is 14.2. The van der Waals surface area contributed by atoms with Crippen LogP contribution in [0.3, 0.4) is 0 Å². The third-order valence-corrected chi connectivity index (χ3v) is 11.5. The smallest absolute Gasteiger partial charge is 0.260 e. The molecular weight excluding hydrogens is 558 g/mol. The number of nitriles is 1. The molecule has 0 radical (unpaired) electrons. The van der Waals surface area contributed by atoms with Crippen molar-refractivity contribution in [1.82, 2.24) is 14.9 Å². The molecule has 1 saturated heterocycles. The highest BCUT2D eigenvalue weighted by molar-refractivity contribution is 8.24. The first-order valence-corrected chi connectivity index (χ1v) is 16.9. The van der Waals surface area contributed by atoms with Gasteiger partial charge < -0.3 is 14.8 Å². The van der Waals surface area contributed by atoms with E-state index in [1.165, 1.54) is 11.3 Å². The number of anilines is 1. The number of rotatable bonds is 6. The van der Waals surface area contributed by atoms with E-state index >= 15 is 0 Å². The molecule has 6 rings (SSSR count). The molecule has 3 fully saturated rings. The van der Waals surface area contributed by atoms with Crippen LogP contribution in [0.4, 0.5) is 5.69 Å². The van der Waals surface area contributed by atoms with E-state index in [0.717, 1.165) is 47.5 Å². The number of pyridine rings is 1. The van der Waals surface area contributed by atoms with Crippen molar-refractivity contribution in [2.24, 2.45) is 13.0 Å². The number of nitrogens with one attached hydrogen (secondary N) is 1. The Kier molecular flexibility index (Phi) is 7.44. The van der Waals surface area contributed by atoms with E-state index in [-0.39, 0.29) is 23.3 Å². The van der Waals surface area contributed by atoms with Gasteiger partial charge in [0.2, 0.25) is 5.91 Å². The number of carbonyl (C=O) groups excluding carboxylic acids is 1. The molecule has 11 heteroatoms. The number of aromatic nitrogens is 2. The summed E-state index contributed by atoms with van der Waals surface area (Å²) >= 11 is 1.48. The Morgan fingerprint density at radius 2 is 1.85 bits per heavy atom. The fraction of sp³-hybridized carbons (Fsp3) is 0.467. The van der Waals surface area contributed by atoms with Crippen molar-refractivity contribution in [3.8, 4) is 27.1 Å². The highest BCUT2D eigenvalue weighted by Gasteiger charge is 2.47. The third-order valence-electron chi connectivity index (χ3n) is 8.66. The predicted octanol–water partition coefficient (Wildman–Crippen LogP) is 5.19. The van der Waals surface area contributed by atoms with Gasteiger partial charge in [-0.2, -0.15) is 15.9 Å². The van der Waals surface area contributed by atoms with Crippen molar-refractivity contribution in [1.29, 1.82) is 5.26 Å². The summed E-state index contributed by atoms with van der Waals surface area (Å²) in [5, 5.41) is 13.2. The molecule has 2 atom stereocenters. The lowest BCUT2D eigenvalue weighted by Gasteiger charge is -2.41. The van der Waals surface area contributed by atoms with Crippen molar-refractivity contribution in [3.63, 3.8) is 0 Å². The van der Waals surface area contributed by atoms with Crippen LogP contribution in [-0.4, -0.2) is 54.7 Å². The summed E-state index contributed by atoms with van der Waals surface area (Å²) < 4.78 is 21.5. The molecule has 3 aliphatic rings. The minimum atomic E-state index is -2.47. The van der Waals surface area contributed by atoms with Crippen LogP contribution >= 0.6 is 21.9 Å². The molecule has 9 nitrogen and oxygen atoms in total. The van der Waals surface area contributed by atoms with E-state index in [0.29, 0.717) is 48.0 Å².